The molecule has 3 nitrogen and oxygen atoms in total. The van der Waals surface area contributed by atoms with Gasteiger partial charge in [0.25, 0.3) is 9.05 Å². The molecule has 0 saturated carbocycles. The maximum Gasteiger partial charge on any atom is 0.421 e. The zero-order valence-electron chi connectivity index (χ0n) is 8.47. The average molecular weight is 329 g/mol. The van der Waals surface area contributed by atoms with E-state index in [1.807, 2.05) is 0 Å². The third-order valence-electron chi connectivity index (χ3n) is 1.97. The van der Waals surface area contributed by atoms with Crippen LogP contribution in [0.4, 0.5) is 26.3 Å². The van der Waals surface area contributed by atoms with Crippen LogP contribution in [0.25, 0.3) is 0 Å². The zero-order chi connectivity index (χ0) is 15.2. The van der Waals surface area contributed by atoms with E-state index in [1.165, 1.54) is 0 Å². The summed E-state index contributed by atoms with van der Waals surface area (Å²) >= 11 is 0. The van der Waals surface area contributed by atoms with E-state index in [9.17, 15) is 34.8 Å². The molecule has 0 radical (unpaired) electrons. The maximum absolute atomic E-state index is 12.6. The molecule has 0 fully saturated rings. The van der Waals surface area contributed by atoms with E-state index in [-0.39, 0.29) is 12.1 Å². The first kappa shape index (κ1) is 15.9. The van der Waals surface area contributed by atoms with E-state index in [0.717, 1.165) is 0 Å². The Morgan fingerprint density at radius 3 is 1.79 bits per heavy atom. The van der Waals surface area contributed by atoms with Gasteiger partial charge in [-0.15, -0.1) is 0 Å². The second-order valence-corrected chi connectivity index (χ2v) is 5.77. The summed E-state index contributed by atoms with van der Waals surface area (Å²) in [7, 11) is -0.767. The van der Waals surface area contributed by atoms with Gasteiger partial charge in [0.2, 0.25) is 0 Å². The van der Waals surface area contributed by atoms with Gasteiger partial charge >= 0.3 is 12.4 Å². The molecule has 0 saturated heterocycles. The Kier molecular flexibility index (Phi) is 3.72. The van der Waals surface area contributed by atoms with Crippen LogP contribution in [0.1, 0.15) is 11.1 Å². The van der Waals surface area contributed by atoms with Gasteiger partial charge in [-0.3, -0.25) is 0 Å². The maximum atomic E-state index is 12.6. The molecule has 19 heavy (non-hydrogen) atoms. The summed E-state index contributed by atoms with van der Waals surface area (Å²) in [6.45, 7) is 0. The van der Waals surface area contributed by atoms with Crippen molar-refractivity contribution in [3.8, 4) is 5.75 Å². The largest absolute Gasteiger partial charge is 0.507 e. The summed E-state index contributed by atoms with van der Waals surface area (Å²) in [4.78, 5) is -2.21. The second-order valence-electron chi connectivity index (χ2n) is 3.27. The number of halogens is 7. The molecule has 0 heterocycles. The van der Waals surface area contributed by atoms with Crippen LogP contribution in [0.15, 0.2) is 17.0 Å². The zero-order valence-corrected chi connectivity index (χ0v) is 10.0. The van der Waals surface area contributed by atoms with Crippen molar-refractivity contribution >= 4 is 19.7 Å². The number of phenolic OH excluding ortho intramolecular Hbond substituents is 1. The molecule has 0 aromatic heterocycles. The quantitative estimate of drug-likeness (QED) is 0.635. The minimum Gasteiger partial charge on any atom is -0.507 e. The van der Waals surface area contributed by atoms with Crippen LogP contribution in [-0.4, -0.2) is 13.5 Å². The predicted molar refractivity (Wildman–Crippen MR) is 51.1 cm³/mol. The smallest absolute Gasteiger partial charge is 0.421 e. The fourth-order valence-corrected chi connectivity index (χ4v) is 2.71. The molecule has 0 atom stereocenters. The van der Waals surface area contributed by atoms with Gasteiger partial charge in [-0.25, -0.2) is 8.42 Å². The highest BCUT2D eigenvalue weighted by Crippen LogP contribution is 2.46. The molecule has 0 unspecified atom stereocenters. The van der Waals surface area contributed by atoms with Crippen LogP contribution in [-0.2, 0) is 21.4 Å². The lowest BCUT2D eigenvalue weighted by Gasteiger charge is -2.17. The molecule has 1 N–H and O–H groups in total. The summed E-state index contributed by atoms with van der Waals surface area (Å²) in [5.41, 5.74) is -4.45. The monoisotopic (exact) mass is 328 g/mol. The van der Waals surface area contributed by atoms with Gasteiger partial charge in [-0.05, 0) is 12.1 Å². The van der Waals surface area contributed by atoms with Gasteiger partial charge < -0.3 is 5.11 Å². The van der Waals surface area contributed by atoms with Gasteiger partial charge in [0.15, 0.2) is 0 Å². The standard InChI is InChI=1S/C8H3ClF6O3S/c9-19(17,18)6-3(7(10,11)12)1-2-4(16)5(6)8(13,14)15/h1-2,16H. The summed E-state index contributed by atoms with van der Waals surface area (Å²) in [5.74, 6) is -1.67. The van der Waals surface area contributed by atoms with E-state index < -0.39 is 43.2 Å². The van der Waals surface area contributed by atoms with Crippen molar-refractivity contribution in [3.63, 3.8) is 0 Å². The Morgan fingerprint density at radius 2 is 1.47 bits per heavy atom. The van der Waals surface area contributed by atoms with Crippen LogP contribution >= 0.6 is 10.7 Å². The summed E-state index contributed by atoms with van der Waals surface area (Å²) in [6.07, 6.45) is -10.9. The summed E-state index contributed by atoms with van der Waals surface area (Å²) in [6, 6.07) is 0.0943. The molecule has 0 aliphatic rings. The topological polar surface area (TPSA) is 54.4 Å². The number of aromatic hydroxyl groups is 1. The molecule has 1 aromatic carbocycles. The van der Waals surface area contributed by atoms with E-state index >= 15 is 0 Å². The molecule has 1 rings (SSSR count). The van der Waals surface area contributed by atoms with Gasteiger partial charge in [0, 0.05) is 10.7 Å². The Labute approximate surface area is 106 Å². The van der Waals surface area contributed by atoms with Crippen LogP contribution in [0.3, 0.4) is 0 Å². The van der Waals surface area contributed by atoms with Crippen molar-refractivity contribution in [1.82, 2.24) is 0 Å². The highest BCUT2D eigenvalue weighted by atomic mass is 35.7. The minimum atomic E-state index is -5.53. The Bertz CT molecular complexity index is 604. The molecule has 1 aromatic rings. The number of hydrogen-bond acceptors (Lipinski definition) is 3. The molecule has 11 heteroatoms. The van der Waals surface area contributed by atoms with Crippen molar-refractivity contribution in [2.24, 2.45) is 0 Å². The fourth-order valence-electron chi connectivity index (χ4n) is 1.32. The molecular weight excluding hydrogens is 326 g/mol. The number of hydrogen-bond donors (Lipinski definition) is 1. The van der Waals surface area contributed by atoms with Crippen molar-refractivity contribution in [3.05, 3.63) is 23.3 Å². The van der Waals surface area contributed by atoms with Crippen LogP contribution in [0.5, 0.6) is 5.75 Å². The van der Waals surface area contributed by atoms with Crippen molar-refractivity contribution in [1.29, 1.82) is 0 Å². The Hall–Kier alpha value is -1.16. The molecule has 0 amide bonds. The molecule has 108 valence electrons. The highest BCUT2D eigenvalue weighted by Gasteiger charge is 2.46. The van der Waals surface area contributed by atoms with Gasteiger partial charge in [-0.2, -0.15) is 26.3 Å². The lowest BCUT2D eigenvalue weighted by Crippen LogP contribution is -2.18. The summed E-state index contributed by atoms with van der Waals surface area (Å²) in [5, 5.41) is 8.97. The lowest BCUT2D eigenvalue weighted by atomic mass is 10.1. The van der Waals surface area contributed by atoms with Gasteiger partial charge in [-0.1, -0.05) is 0 Å². The number of rotatable bonds is 1. The van der Waals surface area contributed by atoms with Crippen LogP contribution in [0, 0.1) is 0 Å². The van der Waals surface area contributed by atoms with E-state index in [1.54, 1.807) is 0 Å². The van der Waals surface area contributed by atoms with Crippen LogP contribution < -0.4 is 0 Å². The van der Waals surface area contributed by atoms with Crippen molar-refractivity contribution < 1.29 is 39.9 Å². The first-order chi connectivity index (χ1) is 8.26. The first-order valence-corrected chi connectivity index (χ1v) is 6.52. The van der Waals surface area contributed by atoms with E-state index in [2.05, 4.69) is 10.7 Å². The minimum absolute atomic E-state index is 0.000162. The SMILES string of the molecule is O=S(=O)(Cl)c1c(C(F)(F)F)ccc(O)c1C(F)(F)F. The van der Waals surface area contributed by atoms with Gasteiger partial charge in [0.1, 0.15) is 16.2 Å². The second kappa shape index (κ2) is 4.44. The first-order valence-electron chi connectivity index (χ1n) is 4.21. The third-order valence-corrected chi connectivity index (χ3v) is 3.34. The number of phenols is 1. The van der Waals surface area contributed by atoms with E-state index in [0.29, 0.717) is 0 Å². The molecule has 0 aliphatic heterocycles. The van der Waals surface area contributed by atoms with E-state index in [4.69, 9.17) is 5.11 Å². The summed E-state index contributed by atoms with van der Waals surface area (Å²) < 4.78 is 97.1. The average Bonchev–Trinajstić information content (AvgIpc) is 2.11. The predicted octanol–water partition coefficient (Wildman–Crippen LogP) is 3.36. The molecular formula is C8H3ClF6O3S. The molecule has 0 aliphatic carbocycles. The van der Waals surface area contributed by atoms with Crippen molar-refractivity contribution in [2.75, 3.05) is 0 Å². The Morgan fingerprint density at radius 1 is 1.00 bits per heavy atom. The number of benzene rings is 1. The van der Waals surface area contributed by atoms with Crippen LogP contribution in [0.2, 0.25) is 0 Å². The van der Waals surface area contributed by atoms with Crippen molar-refractivity contribution in [2.45, 2.75) is 17.2 Å². The van der Waals surface area contributed by atoms with Gasteiger partial charge in [0.05, 0.1) is 5.56 Å². The highest BCUT2D eigenvalue weighted by molar-refractivity contribution is 8.13. The molecule has 0 bridgehead atoms. The molecule has 0 spiro atoms. The number of alkyl halides is 6. The lowest BCUT2D eigenvalue weighted by molar-refractivity contribution is -0.148. The Balaban J connectivity index is 3.94. The third kappa shape index (κ3) is 3.24. The normalized spacial score (nSPS) is 13.6. The fraction of sp³-hybridized carbons (Fsp3) is 0.250.